The van der Waals surface area contributed by atoms with Crippen LogP contribution in [0.2, 0.25) is 0 Å². The minimum absolute atomic E-state index is 0.0760. The number of aromatic nitrogens is 1. The molecule has 0 saturated heterocycles. The summed E-state index contributed by atoms with van der Waals surface area (Å²) in [4.78, 5) is 8.90. The summed E-state index contributed by atoms with van der Waals surface area (Å²) in [6, 6.07) is 4.11. The second kappa shape index (κ2) is 5.96. The second-order valence-electron chi connectivity index (χ2n) is 6.05. The van der Waals surface area contributed by atoms with Gasteiger partial charge in [-0.25, -0.2) is 0 Å². The van der Waals surface area contributed by atoms with Crippen LogP contribution >= 0.6 is 0 Å². The minimum Gasteiger partial charge on any atom is -0.261 e. The monoisotopic (exact) mass is 256 g/mol. The average Bonchev–Trinajstić information content (AvgIpc) is 2.34. The zero-order valence-corrected chi connectivity index (χ0v) is 12.9. The van der Waals surface area contributed by atoms with E-state index >= 15 is 0 Å². The third-order valence-corrected chi connectivity index (χ3v) is 3.04. The lowest BCUT2D eigenvalue weighted by atomic mass is 9.91. The number of pyridine rings is 1. The van der Waals surface area contributed by atoms with Gasteiger partial charge in [0.2, 0.25) is 0 Å². The maximum atomic E-state index is 4.50. The van der Waals surface area contributed by atoms with Crippen molar-refractivity contribution in [3.8, 4) is 0 Å². The largest absolute Gasteiger partial charge is 0.261 e. The van der Waals surface area contributed by atoms with Gasteiger partial charge in [-0.2, -0.15) is 0 Å². The third-order valence-electron chi connectivity index (χ3n) is 3.04. The predicted molar refractivity (Wildman–Crippen MR) is 84.5 cm³/mol. The summed E-state index contributed by atoms with van der Waals surface area (Å²) in [6.07, 6.45) is 3.67. The zero-order valence-electron chi connectivity index (χ0n) is 12.9. The molecule has 0 unspecified atom stereocenters. The van der Waals surface area contributed by atoms with Gasteiger partial charge in [0.15, 0.2) is 0 Å². The van der Waals surface area contributed by atoms with Crippen LogP contribution in [0.15, 0.2) is 41.2 Å². The molecule has 0 fully saturated rings. The van der Waals surface area contributed by atoms with Crippen molar-refractivity contribution in [3.05, 3.63) is 47.4 Å². The number of hydrogen-bond donors (Lipinski definition) is 0. The van der Waals surface area contributed by atoms with Crippen LogP contribution in [0.5, 0.6) is 0 Å². The molecule has 0 aliphatic carbocycles. The molecular formula is C17H24N2. The quantitative estimate of drug-likeness (QED) is 0.715. The molecule has 1 rings (SSSR count). The maximum Gasteiger partial charge on any atom is 0.0457 e. The van der Waals surface area contributed by atoms with E-state index in [1.807, 2.05) is 13.1 Å². The Hall–Kier alpha value is -1.70. The van der Waals surface area contributed by atoms with Crippen LogP contribution < -0.4 is 0 Å². The number of allylic oxidation sites excluding steroid dienone is 3. The van der Waals surface area contributed by atoms with Gasteiger partial charge in [-0.05, 0) is 32.4 Å². The molecule has 0 atom stereocenters. The SMILES string of the molecule is C=C(C=NC(C)=C(C)C)c1ccc(C(C)(C)C)nc1. The summed E-state index contributed by atoms with van der Waals surface area (Å²) in [5.41, 5.74) is 5.30. The molecule has 102 valence electrons. The Labute approximate surface area is 117 Å². The predicted octanol–water partition coefficient (Wildman–Crippen LogP) is 4.78. The highest BCUT2D eigenvalue weighted by Gasteiger charge is 2.14. The van der Waals surface area contributed by atoms with Gasteiger partial charge < -0.3 is 0 Å². The lowest BCUT2D eigenvalue weighted by molar-refractivity contribution is 0.569. The van der Waals surface area contributed by atoms with Crippen molar-refractivity contribution in [2.45, 2.75) is 47.0 Å². The summed E-state index contributed by atoms with van der Waals surface area (Å²) < 4.78 is 0. The Balaban J connectivity index is 2.88. The highest BCUT2D eigenvalue weighted by Crippen LogP contribution is 2.21. The molecule has 1 aromatic heterocycles. The smallest absolute Gasteiger partial charge is 0.0457 e. The maximum absolute atomic E-state index is 4.50. The van der Waals surface area contributed by atoms with Gasteiger partial charge in [-0.15, -0.1) is 0 Å². The minimum atomic E-state index is 0.0760. The molecule has 0 saturated carbocycles. The highest BCUT2D eigenvalue weighted by molar-refractivity contribution is 6.08. The van der Waals surface area contributed by atoms with E-state index in [2.05, 4.69) is 63.3 Å². The van der Waals surface area contributed by atoms with Crippen molar-refractivity contribution in [2.24, 2.45) is 4.99 Å². The topological polar surface area (TPSA) is 25.2 Å². The Kier molecular flexibility index (Phi) is 4.82. The van der Waals surface area contributed by atoms with Gasteiger partial charge in [-0.3, -0.25) is 9.98 Å². The van der Waals surface area contributed by atoms with Crippen LogP contribution in [0.1, 0.15) is 52.8 Å². The fourth-order valence-electron chi connectivity index (χ4n) is 1.41. The molecule has 0 radical (unpaired) electrons. The molecule has 0 aliphatic rings. The molecule has 1 heterocycles. The van der Waals surface area contributed by atoms with Crippen molar-refractivity contribution >= 4 is 11.8 Å². The number of rotatable bonds is 3. The van der Waals surface area contributed by atoms with Gasteiger partial charge in [0.05, 0.1) is 0 Å². The summed E-state index contributed by atoms with van der Waals surface area (Å²) in [5, 5.41) is 0. The standard InChI is InChI=1S/C17H24N2/c1-12(2)14(4)18-10-13(3)15-8-9-16(19-11-15)17(5,6)7/h8-11H,3H2,1-2,4-7H3. The first kappa shape index (κ1) is 15.4. The van der Waals surface area contributed by atoms with Crippen molar-refractivity contribution in [3.63, 3.8) is 0 Å². The van der Waals surface area contributed by atoms with Crippen LogP contribution in [0.25, 0.3) is 5.57 Å². The van der Waals surface area contributed by atoms with E-state index in [4.69, 9.17) is 0 Å². The Morgan fingerprint density at radius 1 is 1.21 bits per heavy atom. The number of nitrogens with zero attached hydrogens (tertiary/aromatic N) is 2. The van der Waals surface area contributed by atoms with Gasteiger partial charge in [-0.1, -0.05) is 39.0 Å². The highest BCUT2D eigenvalue weighted by atomic mass is 14.7. The lowest BCUT2D eigenvalue weighted by Crippen LogP contribution is -2.13. The zero-order chi connectivity index (χ0) is 14.6. The van der Waals surface area contributed by atoms with Gasteiger partial charge >= 0.3 is 0 Å². The van der Waals surface area contributed by atoms with E-state index < -0.39 is 0 Å². The molecule has 0 aromatic carbocycles. The molecule has 0 amide bonds. The van der Waals surface area contributed by atoms with Crippen LogP contribution in [-0.4, -0.2) is 11.2 Å². The van der Waals surface area contributed by atoms with Crippen molar-refractivity contribution in [2.75, 3.05) is 0 Å². The molecule has 2 heteroatoms. The van der Waals surface area contributed by atoms with Crippen LogP contribution in [0.4, 0.5) is 0 Å². The molecule has 0 N–H and O–H groups in total. The molecule has 0 bridgehead atoms. The van der Waals surface area contributed by atoms with Crippen LogP contribution in [-0.2, 0) is 5.41 Å². The normalized spacial score (nSPS) is 11.7. The first-order valence-corrected chi connectivity index (χ1v) is 6.56. The fraction of sp³-hybridized carbons (Fsp3) is 0.412. The average molecular weight is 256 g/mol. The van der Waals surface area contributed by atoms with Gasteiger partial charge in [0.1, 0.15) is 0 Å². The van der Waals surface area contributed by atoms with Crippen LogP contribution in [0, 0.1) is 0 Å². The van der Waals surface area contributed by atoms with Gasteiger partial charge in [0.25, 0.3) is 0 Å². The number of aliphatic imine (C=N–C) groups is 1. The van der Waals surface area contributed by atoms with E-state index in [-0.39, 0.29) is 5.41 Å². The summed E-state index contributed by atoms with van der Waals surface area (Å²) in [5.74, 6) is 0. The van der Waals surface area contributed by atoms with Crippen molar-refractivity contribution in [1.82, 2.24) is 4.98 Å². The second-order valence-corrected chi connectivity index (χ2v) is 6.05. The molecule has 1 aromatic rings. The fourth-order valence-corrected chi connectivity index (χ4v) is 1.41. The molecule has 0 aliphatic heterocycles. The first-order valence-electron chi connectivity index (χ1n) is 6.56. The molecular weight excluding hydrogens is 232 g/mol. The summed E-state index contributed by atoms with van der Waals surface area (Å²) in [7, 11) is 0. The van der Waals surface area contributed by atoms with E-state index in [1.165, 1.54) is 5.57 Å². The first-order chi connectivity index (χ1) is 8.71. The number of hydrogen-bond acceptors (Lipinski definition) is 2. The van der Waals surface area contributed by atoms with Crippen LogP contribution in [0.3, 0.4) is 0 Å². The van der Waals surface area contributed by atoms with Crippen molar-refractivity contribution in [1.29, 1.82) is 0 Å². The van der Waals surface area contributed by atoms with E-state index in [1.54, 1.807) is 6.21 Å². The lowest BCUT2D eigenvalue weighted by Gasteiger charge is -2.17. The van der Waals surface area contributed by atoms with E-state index in [0.717, 1.165) is 22.5 Å². The van der Waals surface area contributed by atoms with Crippen molar-refractivity contribution < 1.29 is 0 Å². The summed E-state index contributed by atoms with van der Waals surface area (Å²) in [6.45, 7) is 16.6. The third kappa shape index (κ3) is 4.47. The molecule has 2 nitrogen and oxygen atoms in total. The Morgan fingerprint density at radius 2 is 1.84 bits per heavy atom. The Morgan fingerprint density at radius 3 is 2.26 bits per heavy atom. The van der Waals surface area contributed by atoms with Gasteiger partial charge in [0, 0.05) is 34.8 Å². The summed E-state index contributed by atoms with van der Waals surface area (Å²) >= 11 is 0. The van der Waals surface area contributed by atoms with E-state index in [0.29, 0.717) is 0 Å². The molecule has 19 heavy (non-hydrogen) atoms. The molecule has 0 spiro atoms. The Bertz CT molecular complexity index is 507. The van der Waals surface area contributed by atoms with E-state index in [9.17, 15) is 0 Å².